The van der Waals surface area contributed by atoms with E-state index >= 15 is 0 Å². The Morgan fingerprint density at radius 1 is 1.04 bits per heavy atom. The van der Waals surface area contributed by atoms with Crippen molar-refractivity contribution < 1.29 is 31.9 Å². The number of ketones is 2. The lowest BCUT2D eigenvalue weighted by atomic mass is 9.83. The van der Waals surface area contributed by atoms with Gasteiger partial charge in [-0.2, -0.15) is 13.2 Å². The van der Waals surface area contributed by atoms with Gasteiger partial charge >= 0.3 is 6.18 Å². The van der Waals surface area contributed by atoms with Gasteiger partial charge in [0.2, 0.25) is 5.91 Å². The van der Waals surface area contributed by atoms with Crippen molar-refractivity contribution in [3.8, 4) is 0 Å². The number of Topliss-reactive ketones (excluding diaryl/α,β-unsaturated/α-hetero) is 2. The summed E-state index contributed by atoms with van der Waals surface area (Å²) < 4.78 is 52.6. The highest BCUT2D eigenvalue weighted by Gasteiger charge is 2.44. The average molecular weight is 379 g/mol. The molecule has 140 valence electrons. The van der Waals surface area contributed by atoms with Crippen molar-refractivity contribution in [2.24, 2.45) is 5.92 Å². The Bertz CT molecular complexity index is 891. The molecule has 1 fully saturated rings. The van der Waals surface area contributed by atoms with Crippen LogP contribution in [0.3, 0.4) is 0 Å². The molecule has 4 nitrogen and oxygen atoms in total. The SMILES string of the molecule is O=C1CC(c2ccccc2)NC(=O)C1C(=O)c1ccc(F)cc1C(F)(F)F. The Balaban J connectivity index is 1.91. The molecule has 0 aromatic heterocycles. The number of carbonyl (C=O) groups is 3. The standard InChI is InChI=1S/C19H13F4NO3/c20-11-6-7-12(13(8-11)19(21,22)23)17(26)16-15(25)9-14(24-18(16)27)10-4-2-1-3-5-10/h1-8,14,16H,9H2,(H,24,27). The summed E-state index contributed by atoms with van der Waals surface area (Å²) in [6.07, 6.45) is -5.23. The molecule has 1 aliphatic rings. The normalized spacial score (nSPS) is 20.3. The van der Waals surface area contributed by atoms with E-state index in [0.717, 1.165) is 0 Å². The van der Waals surface area contributed by atoms with Gasteiger partial charge in [0.25, 0.3) is 0 Å². The third-order valence-electron chi connectivity index (χ3n) is 4.32. The lowest BCUT2D eigenvalue weighted by Gasteiger charge is -2.28. The van der Waals surface area contributed by atoms with Crippen molar-refractivity contribution in [3.63, 3.8) is 0 Å². The Morgan fingerprint density at radius 3 is 2.30 bits per heavy atom. The lowest BCUT2D eigenvalue weighted by molar-refractivity contribution is -0.139. The van der Waals surface area contributed by atoms with Crippen LogP contribution in [0.2, 0.25) is 0 Å². The Hall–Kier alpha value is -3.03. The minimum absolute atomic E-state index is 0.172. The first-order chi connectivity index (χ1) is 12.7. The average Bonchev–Trinajstić information content (AvgIpc) is 2.61. The highest BCUT2D eigenvalue weighted by atomic mass is 19.4. The van der Waals surface area contributed by atoms with Crippen LogP contribution >= 0.6 is 0 Å². The van der Waals surface area contributed by atoms with Gasteiger partial charge in [0.1, 0.15) is 5.82 Å². The maximum absolute atomic E-state index is 13.2. The van der Waals surface area contributed by atoms with Crippen LogP contribution in [0.25, 0.3) is 0 Å². The van der Waals surface area contributed by atoms with Gasteiger partial charge in [-0.15, -0.1) is 0 Å². The first kappa shape index (κ1) is 18.8. The monoisotopic (exact) mass is 379 g/mol. The number of hydrogen-bond donors (Lipinski definition) is 1. The molecule has 2 unspecified atom stereocenters. The number of benzene rings is 2. The lowest BCUT2D eigenvalue weighted by Crippen LogP contribution is -2.48. The fourth-order valence-corrected chi connectivity index (χ4v) is 3.04. The summed E-state index contributed by atoms with van der Waals surface area (Å²) in [5, 5.41) is 2.50. The predicted molar refractivity (Wildman–Crippen MR) is 86.2 cm³/mol. The first-order valence-electron chi connectivity index (χ1n) is 7.97. The highest BCUT2D eigenvalue weighted by Crippen LogP contribution is 2.35. The fourth-order valence-electron chi connectivity index (χ4n) is 3.04. The molecule has 0 aliphatic carbocycles. The predicted octanol–water partition coefficient (Wildman–Crippen LogP) is 3.47. The number of carbonyl (C=O) groups excluding carboxylic acids is 3. The minimum Gasteiger partial charge on any atom is -0.348 e. The zero-order chi connectivity index (χ0) is 19.8. The highest BCUT2D eigenvalue weighted by molar-refractivity contribution is 6.25. The van der Waals surface area contributed by atoms with Gasteiger partial charge in [0.15, 0.2) is 17.5 Å². The molecule has 2 aromatic rings. The molecule has 8 heteroatoms. The molecule has 1 N–H and O–H groups in total. The molecule has 2 atom stereocenters. The summed E-state index contributed by atoms with van der Waals surface area (Å²) in [7, 11) is 0. The number of nitrogens with one attached hydrogen (secondary N) is 1. The molecular weight excluding hydrogens is 366 g/mol. The molecule has 2 aromatic carbocycles. The molecular formula is C19H13F4NO3. The van der Waals surface area contributed by atoms with Crippen LogP contribution in [0.15, 0.2) is 48.5 Å². The van der Waals surface area contributed by atoms with Crippen LogP contribution in [-0.4, -0.2) is 17.5 Å². The van der Waals surface area contributed by atoms with Crippen LogP contribution in [-0.2, 0) is 15.8 Å². The van der Waals surface area contributed by atoms with Crippen molar-refractivity contribution in [1.82, 2.24) is 5.32 Å². The van der Waals surface area contributed by atoms with Crippen LogP contribution in [0.1, 0.15) is 33.9 Å². The molecule has 0 spiro atoms. The van der Waals surface area contributed by atoms with Gasteiger partial charge in [-0.05, 0) is 23.8 Å². The van der Waals surface area contributed by atoms with Gasteiger partial charge in [0, 0.05) is 12.0 Å². The Labute approximate surface area is 151 Å². The molecule has 1 amide bonds. The number of rotatable bonds is 3. The zero-order valence-electron chi connectivity index (χ0n) is 13.7. The van der Waals surface area contributed by atoms with Crippen LogP contribution in [0.4, 0.5) is 17.6 Å². The van der Waals surface area contributed by atoms with E-state index < -0.39 is 52.6 Å². The van der Waals surface area contributed by atoms with E-state index in [0.29, 0.717) is 17.7 Å². The first-order valence-corrected chi connectivity index (χ1v) is 7.97. The summed E-state index contributed by atoms with van der Waals surface area (Å²) in [5.41, 5.74) is -1.78. The second-order valence-electron chi connectivity index (χ2n) is 6.13. The van der Waals surface area contributed by atoms with Crippen molar-refractivity contribution >= 4 is 17.5 Å². The minimum atomic E-state index is -5.01. The third-order valence-corrected chi connectivity index (χ3v) is 4.32. The number of amides is 1. The van der Waals surface area contributed by atoms with Crippen molar-refractivity contribution in [3.05, 3.63) is 71.0 Å². The molecule has 27 heavy (non-hydrogen) atoms. The van der Waals surface area contributed by atoms with Crippen LogP contribution in [0.5, 0.6) is 0 Å². The molecule has 0 bridgehead atoms. The number of piperidine rings is 1. The smallest absolute Gasteiger partial charge is 0.348 e. The maximum Gasteiger partial charge on any atom is 0.417 e. The summed E-state index contributed by atoms with van der Waals surface area (Å²) in [6, 6.07) is 9.36. The topological polar surface area (TPSA) is 63.2 Å². The van der Waals surface area contributed by atoms with E-state index in [-0.39, 0.29) is 12.5 Å². The quantitative estimate of drug-likeness (QED) is 0.505. The summed E-state index contributed by atoms with van der Waals surface area (Å²) in [5.74, 6) is -6.12. The molecule has 3 rings (SSSR count). The van der Waals surface area contributed by atoms with Crippen LogP contribution < -0.4 is 5.32 Å². The number of hydrogen-bond acceptors (Lipinski definition) is 3. The van der Waals surface area contributed by atoms with Crippen molar-refractivity contribution in [2.45, 2.75) is 18.6 Å². The van der Waals surface area contributed by atoms with Gasteiger partial charge in [-0.1, -0.05) is 30.3 Å². The fraction of sp³-hybridized carbons (Fsp3) is 0.211. The van der Waals surface area contributed by atoms with E-state index in [9.17, 15) is 31.9 Å². The van der Waals surface area contributed by atoms with Crippen LogP contribution in [0, 0.1) is 11.7 Å². The maximum atomic E-state index is 13.2. The van der Waals surface area contributed by atoms with E-state index in [1.807, 2.05) is 0 Å². The van der Waals surface area contributed by atoms with E-state index in [2.05, 4.69) is 5.32 Å². The second kappa shape index (κ2) is 6.94. The van der Waals surface area contributed by atoms with Gasteiger partial charge in [0.05, 0.1) is 11.6 Å². The Morgan fingerprint density at radius 2 is 1.70 bits per heavy atom. The largest absolute Gasteiger partial charge is 0.417 e. The van der Waals surface area contributed by atoms with Gasteiger partial charge in [-0.3, -0.25) is 14.4 Å². The molecule has 1 heterocycles. The Kier molecular flexibility index (Phi) is 4.82. The summed E-state index contributed by atoms with van der Waals surface area (Å²) in [4.78, 5) is 37.3. The molecule has 1 saturated heterocycles. The second-order valence-corrected chi connectivity index (χ2v) is 6.13. The number of halogens is 4. The number of alkyl halides is 3. The van der Waals surface area contributed by atoms with E-state index in [4.69, 9.17) is 0 Å². The molecule has 0 saturated carbocycles. The van der Waals surface area contributed by atoms with Gasteiger partial charge < -0.3 is 5.32 Å². The van der Waals surface area contributed by atoms with E-state index in [1.165, 1.54) is 0 Å². The zero-order valence-corrected chi connectivity index (χ0v) is 13.7. The van der Waals surface area contributed by atoms with E-state index in [1.54, 1.807) is 30.3 Å². The van der Waals surface area contributed by atoms with Gasteiger partial charge in [-0.25, -0.2) is 4.39 Å². The van der Waals surface area contributed by atoms with Crippen molar-refractivity contribution in [2.75, 3.05) is 0 Å². The molecule has 0 radical (unpaired) electrons. The third kappa shape index (κ3) is 3.74. The van der Waals surface area contributed by atoms with Crippen molar-refractivity contribution in [1.29, 1.82) is 0 Å². The molecule has 1 aliphatic heterocycles. The summed E-state index contributed by atoms with van der Waals surface area (Å²) in [6.45, 7) is 0. The summed E-state index contributed by atoms with van der Waals surface area (Å²) >= 11 is 0.